The molecule has 2 heterocycles. The Kier molecular flexibility index (Phi) is 6.70. The van der Waals surface area contributed by atoms with Crippen LogP contribution in [0.5, 0.6) is 0 Å². The number of aromatic carboxylic acids is 1. The van der Waals surface area contributed by atoms with E-state index in [1.807, 2.05) is 62.6 Å². The van der Waals surface area contributed by atoms with Crippen LogP contribution < -0.4 is 4.90 Å². The van der Waals surface area contributed by atoms with Gasteiger partial charge in [-0.1, -0.05) is 47.6 Å². The van der Waals surface area contributed by atoms with Gasteiger partial charge in [0.05, 0.1) is 28.8 Å². The van der Waals surface area contributed by atoms with Crippen LogP contribution in [0.15, 0.2) is 78.0 Å². The van der Waals surface area contributed by atoms with Crippen LogP contribution in [0.2, 0.25) is 0 Å². The molecule has 0 bridgehead atoms. The predicted molar refractivity (Wildman–Crippen MR) is 141 cm³/mol. The van der Waals surface area contributed by atoms with Gasteiger partial charge in [0.25, 0.3) is 5.91 Å². The number of amides is 1. The first kappa shape index (κ1) is 24.2. The normalized spacial score (nSPS) is 14.1. The average molecular weight is 498 g/mol. The number of carboxylic acids is 1. The van der Waals surface area contributed by atoms with E-state index in [1.54, 1.807) is 17.0 Å². The number of likely N-dealkylation sites (N-methyl/N-ethyl adjacent to an activating group) is 1. The maximum atomic E-state index is 13.5. The van der Waals surface area contributed by atoms with E-state index in [9.17, 15) is 9.59 Å². The van der Waals surface area contributed by atoms with Gasteiger partial charge >= 0.3 is 5.97 Å². The van der Waals surface area contributed by atoms with E-state index < -0.39 is 5.97 Å². The van der Waals surface area contributed by atoms with Crippen LogP contribution in [0, 0.1) is 0 Å². The number of aromatic nitrogens is 2. The van der Waals surface area contributed by atoms with E-state index in [1.165, 1.54) is 12.1 Å². The molecule has 1 aliphatic rings. The molecule has 0 aliphatic carbocycles. The zero-order valence-electron chi connectivity index (χ0n) is 20.7. The molecule has 0 radical (unpaired) electrons. The van der Waals surface area contributed by atoms with Crippen molar-refractivity contribution in [2.75, 3.05) is 25.5 Å². The largest absolute Gasteiger partial charge is 0.478 e. The van der Waals surface area contributed by atoms with E-state index in [0.717, 1.165) is 41.2 Å². The van der Waals surface area contributed by atoms with Gasteiger partial charge in [0.15, 0.2) is 5.71 Å². The van der Waals surface area contributed by atoms with E-state index in [0.29, 0.717) is 12.1 Å². The fraction of sp³-hybridized carbons (Fsp3) is 0.214. The molecule has 0 spiro atoms. The number of hydrogen-bond donors (Lipinski definition) is 1. The van der Waals surface area contributed by atoms with Crippen LogP contribution in [0.25, 0.3) is 11.0 Å². The predicted octanol–water partition coefficient (Wildman–Crippen LogP) is 3.76. The third-order valence-corrected chi connectivity index (χ3v) is 6.29. The Morgan fingerprint density at radius 1 is 1.03 bits per heavy atom. The molecule has 1 aromatic heterocycles. The summed E-state index contributed by atoms with van der Waals surface area (Å²) in [4.78, 5) is 38.8. The Balaban J connectivity index is 1.40. The third kappa shape index (κ3) is 4.94. The lowest BCUT2D eigenvalue weighted by Crippen LogP contribution is -2.31. The van der Waals surface area contributed by atoms with Gasteiger partial charge in [-0.15, -0.1) is 0 Å². The SMILES string of the molecule is CN(C)CCn1c(CN2C(=O)/C(=N\OCc3ccc(C(=O)O)cc3)c3ccccc32)nc2ccccc21. The van der Waals surface area contributed by atoms with Crippen LogP contribution >= 0.6 is 0 Å². The number of para-hydroxylation sites is 3. The van der Waals surface area contributed by atoms with Crippen molar-refractivity contribution in [1.29, 1.82) is 0 Å². The highest BCUT2D eigenvalue weighted by molar-refractivity contribution is 6.54. The van der Waals surface area contributed by atoms with E-state index in [4.69, 9.17) is 14.9 Å². The zero-order chi connectivity index (χ0) is 25.9. The van der Waals surface area contributed by atoms with Crippen molar-refractivity contribution >= 4 is 34.3 Å². The van der Waals surface area contributed by atoms with Crippen molar-refractivity contribution in [2.45, 2.75) is 19.7 Å². The topological polar surface area (TPSA) is 100 Å². The Hall–Kier alpha value is -4.50. The third-order valence-electron chi connectivity index (χ3n) is 6.29. The molecule has 37 heavy (non-hydrogen) atoms. The highest BCUT2D eigenvalue weighted by Gasteiger charge is 2.35. The number of fused-ring (bicyclic) bond motifs is 2. The fourth-order valence-corrected chi connectivity index (χ4v) is 4.36. The second-order valence-corrected chi connectivity index (χ2v) is 9.10. The lowest BCUT2D eigenvalue weighted by molar-refractivity contribution is -0.112. The minimum absolute atomic E-state index is 0.110. The van der Waals surface area contributed by atoms with Gasteiger partial charge in [-0.25, -0.2) is 9.78 Å². The molecule has 0 atom stereocenters. The maximum absolute atomic E-state index is 13.5. The monoisotopic (exact) mass is 497 g/mol. The number of imidazole rings is 1. The van der Waals surface area contributed by atoms with Crippen molar-refractivity contribution in [3.8, 4) is 0 Å². The van der Waals surface area contributed by atoms with Crippen molar-refractivity contribution in [3.63, 3.8) is 0 Å². The number of benzene rings is 3. The number of oxime groups is 1. The smallest absolute Gasteiger partial charge is 0.335 e. The highest BCUT2D eigenvalue weighted by atomic mass is 16.6. The van der Waals surface area contributed by atoms with Gasteiger partial charge < -0.3 is 19.4 Å². The summed E-state index contributed by atoms with van der Waals surface area (Å²) in [6.45, 7) is 2.00. The number of carboxylic acid groups (broad SMARTS) is 1. The molecule has 1 amide bonds. The van der Waals surface area contributed by atoms with Crippen molar-refractivity contribution in [1.82, 2.24) is 14.5 Å². The minimum atomic E-state index is -0.990. The highest BCUT2D eigenvalue weighted by Crippen LogP contribution is 2.31. The Bertz CT molecular complexity index is 1490. The molecule has 4 aromatic rings. The second-order valence-electron chi connectivity index (χ2n) is 9.10. The number of anilines is 1. The van der Waals surface area contributed by atoms with Crippen LogP contribution in [-0.4, -0.2) is 57.8 Å². The van der Waals surface area contributed by atoms with Crippen molar-refractivity contribution < 1.29 is 19.5 Å². The molecule has 0 saturated carbocycles. The fourth-order valence-electron chi connectivity index (χ4n) is 4.36. The van der Waals surface area contributed by atoms with E-state index >= 15 is 0 Å². The summed E-state index contributed by atoms with van der Waals surface area (Å²) in [5.41, 5.74) is 4.56. The summed E-state index contributed by atoms with van der Waals surface area (Å²) in [5, 5.41) is 13.2. The van der Waals surface area contributed by atoms with Crippen LogP contribution in [0.4, 0.5) is 5.69 Å². The lowest BCUT2D eigenvalue weighted by atomic mass is 10.1. The Labute approximate surface area is 214 Å². The van der Waals surface area contributed by atoms with Gasteiger partial charge in [-0.2, -0.15) is 0 Å². The number of rotatable bonds is 9. The summed E-state index contributed by atoms with van der Waals surface area (Å²) in [5.74, 6) is -0.447. The Morgan fingerprint density at radius 3 is 2.51 bits per heavy atom. The maximum Gasteiger partial charge on any atom is 0.335 e. The minimum Gasteiger partial charge on any atom is -0.478 e. The molecule has 3 aromatic carbocycles. The molecule has 9 heteroatoms. The molecule has 9 nitrogen and oxygen atoms in total. The molecule has 1 aliphatic heterocycles. The standard InChI is InChI=1S/C28H27N5O4/c1-31(2)15-16-32-24-10-6-4-8-22(24)29-25(32)17-33-23-9-5-3-7-21(23)26(27(33)34)30-37-18-19-11-13-20(14-12-19)28(35)36/h3-14H,15-18H2,1-2H3,(H,35,36)/b30-26-. The number of carbonyl (C=O) groups excluding carboxylic acids is 1. The quantitative estimate of drug-likeness (QED) is 0.354. The summed E-state index contributed by atoms with van der Waals surface area (Å²) < 4.78 is 2.16. The average Bonchev–Trinajstić information content (AvgIpc) is 3.38. The van der Waals surface area contributed by atoms with Crippen LogP contribution in [0.3, 0.4) is 0 Å². The molecule has 0 saturated heterocycles. The summed E-state index contributed by atoms with van der Waals surface area (Å²) in [6, 6.07) is 21.8. The van der Waals surface area contributed by atoms with E-state index in [-0.39, 0.29) is 23.8 Å². The van der Waals surface area contributed by atoms with Crippen molar-refractivity contribution in [3.05, 3.63) is 95.3 Å². The van der Waals surface area contributed by atoms with Crippen molar-refractivity contribution in [2.24, 2.45) is 5.16 Å². The first-order valence-corrected chi connectivity index (χ1v) is 11.9. The second kappa shape index (κ2) is 10.2. The molecule has 188 valence electrons. The number of nitrogens with zero attached hydrogens (tertiary/aromatic N) is 5. The molecule has 0 unspecified atom stereocenters. The summed E-state index contributed by atoms with van der Waals surface area (Å²) >= 11 is 0. The zero-order valence-corrected chi connectivity index (χ0v) is 20.7. The molecule has 0 fully saturated rings. The summed E-state index contributed by atoms with van der Waals surface area (Å²) in [6.07, 6.45) is 0. The molecular weight excluding hydrogens is 470 g/mol. The van der Waals surface area contributed by atoms with Gasteiger partial charge in [0.2, 0.25) is 0 Å². The lowest BCUT2D eigenvalue weighted by Gasteiger charge is -2.18. The molecule has 5 rings (SSSR count). The summed E-state index contributed by atoms with van der Waals surface area (Å²) in [7, 11) is 4.06. The van der Waals surface area contributed by atoms with Gasteiger partial charge in [-0.3, -0.25) is 9.69 Å². The first-order valence-electron chi connectivity index (χ1n) is 11.9. The first-order chi connectivity index (χ1) is 17.9. The van der Waals surface area contributed by atoms with Gasteiger partial charge in [0, 0.05) is 18.7 Å². The molecular formula is C28H27N5O4. The van der Waals surface area contributed by atoms with Gasteiger partial charge in [-0.05, 0) is 50.0 Å². The van der Waals surface area contributed by atoms with E-state index in [2.05, 4.69) is 14.6 Å². The van der Waals surface area contributed by atoms with Crippen LogP contribution in [0.1, 0.15) is 27.3 Å². The van der Waals surface area contributed by atoms with Gasteiger partial charge in [0.1, 0.15) is 12.4 Å². The Morgan fingerprint density at radius 2 is 1.76 bits per heavy atom. The number of carbonyl (C=O) groups is 2. The molecule has 1 N–H and O–H groups in total. The number of hydrogen-bond acceptors (Lipinski definition) is 6. The van der Waals surface area contributed by atoms with Crippen LogP contribution in [-0.2, 0) is 29.3 Å².